The number of Topliss-reactive ketones (excluding diaryl/α,β-unsaturated/α-hetero) is 1. The lowest BCUT2D eigenvalue weighted by Crippen LogP contribution is -2.10. The van der Waals surface area contributed by atoms with Crippen LogP contribution in [0, 0.1) is 0 Å². The summed E-state index contributed by atoms with van der Waals surface area (Å²) < 4.78 is 0. The Balaban J connectivity index is 3.20. The lowest BCUT2D eigenvalue weighted by molar-refractivity contribution is 0.0990. The van der Waals surface area contributed by atoms with E-state index in [4.69, 9.17) is 0 Å². The number of hydrogen-bond acceptors (Lipinski definition) is 3. The highest BCUT2D eigenvalue weighted by Crippen LogP contribution is 2.26. The topological polar surface area (TPSA) is 37.3 Å². The van der Waals surface area contributed by atoms with Crippen molar-refractivity contribution in [3.63, 3.8) is 0 Å². The number of carbonyl (C=O) groups is 1. The molecule has 0 aromatic heterocycles. The second kappa shape index (κ2) is 4.15. The molecule has 0 fully saturated rings. The number of carbonyl (C=O) groups excluding carboxylic acids is 1. The molecule has 1 unspecified atom stereocenters. The van der Waals surface area contributed by atoms with Crippen LogP contribution >= 0.6 is 28.6 Å². The quantitative estimate of drug-likeness (QED) is 0.488. The molecular formula is C9H9BrO2S. The summed E-state index contributed by atoms with van der Waals surface area (Å²) in [5.74, 6) is -0.188. The van der Waals surface area contributed by atoms with Gasteiger partial charge in [-0.3, -0.25) is 4.79 Å². The fourth-order valence-corrected chi connectivity index (χ4v) is 1.52. The van der Waals surface area contributed by atoms with Gasteiger partial charge in [-0.1, -0.05) is 22.0 Å². The van der Waals surface area contributed by atoms with Crippen LogP contribution in [-0.4, -0.2) is 15.7 Å². The van der Waals surface area contributed by atoms with Gasteiger partial charge in [-0.2, -0.15) is 0 Å². The van der Waals surface area contributed by atoms with Gasteiger partial charge in [0.15, 0.2) is 5.78 Å². The lowest BCUT2D eigenvalue weighted by atomic mass is 10.1. The zero-order chi connectivity index (χ0) is 10.0. The minimum atomic E-state index is -0.313. The van der Waals surface area contributed by atoms with Crippen molar-refractivity contribution in [1.29, 1.82) is 0 Å². The minimum Gasteiger partial charge on any atom is -0.507 e. The number of thiol groups is 1. The molecule has 0 aliphatic rings. The average molecular weight is 261 g/mol. The van der Waals surface area contributed by atoms with Crippen molar-refractivity contribution in [2.24, 2.45) is 0 Å². The first-order chi connectivity index (χ1) is 6.04. The first kappa shape index (κ1) is 10.6. The maximum atomic E-state index is 11.5. The van der Waals surface area contributed by atoms with Crippen LogP contribution in [0.15, 0.2) is 23.1 Å². The second-order valence-corrected chi connectivity index (χ2v) is 4.51. The monoisotopic (exact) mass is 260 g/mol. The molecule has 2 nitrogen and oxygen atoms in total. The SMILES string of the molecule is CC(Br)C(=O)c1c(O)cccc1S. The minimum absolute atomic E-state index is 0.0243. The van der Waals surface area contributed by atoms with E-state index in [1.54, 1.807) is 19.1 Å². The van der Waals surface area contributed by atoms with Crippen molar-refractivity contribution >= 4 is 34.3 Å². The van der Waals surface area contributed by atoms with E-state index < -0.39 is 0 Å². The summed E-state index contributed by atoms with van der Waals surface area (Å²) in [6, 6.07) is 4.79. The van der Waals surface area contributed by atoms with Gasteiger partial charge in [-0.05, 0) is 19.1 Å². The van der Waals surface area contributed by atoms with Gasteiger partial charge in [-0.15, -0.1) is 12.6 Å². The Bertz CT molecular complexity index is 316. The first-order valence-electron chi connectivity index (χ1n) is 3.73. The summed E-state index contributed by atoms with van der Waals surface area (Å²) >= 11 is 7.25. The lowest BCUT2D eigenvalue weighted by Gasteiger charge is -2.07. The summed E-state index contributed by atoms with van der Waals surface area (Å²) in [5, 5.41) is 9.42. The first-order valence-corrected chi connectivity index (χ1v) is 5.09. The number of phenolic OH excluding ortho intramolecular Hbond substituents is 1. The van der Waals surface area contributed by atoms with E-state index in [9.17, 15) is 9.90 Å². The second-order valence-electron chi connectivity index (χ2n) is 2.65. The van der Waals surface area contributed by atoms with Crippen molar-refractivity contribution in [1.82, 2.24) is 0 Å². The predicted octanol–water partition coefficient (Wildman–Crippen LogP) is 2.65. The van der Waals surface area contributed by atoms with E-state index in [0.29, 0.717) is 4.90 Å². The van der Waals surface area contributed by atoms with Gasteiger partial charge in [0.2, 0.25) is 0 Å². The van der Waals surface area contributed by atoms with Crippen LogP contribution in [0.3, 0.4) is 0 Å². The highest BCUT2D eigenvalue weighted by molar-refractivity contribution is 9.10. The molecule has 0 spiro atoms. The molecule has 1 aromatic rings. The van der Waals surface area contributed by atoms with E-state index in [0.717, 1.165) is 0 Å². The molecule has 0 bridgehead atoms. The number of alkyl halides is 1. The smallest absolute Gasteiger partial charge is 0.181 e. The molecule has 0 radical (unpaired) electrons. The van der Waals surface area contributed by atoms with Gasteiger partial charge < -0.3 is 5.11 Å². The molecule has 4 heteroatoms. The number of benzene rings is 1. The normalized spacial score (nSPS) is 12.5. The summed E-state index contributed by atoms with van der Waals surface area (Å²) in [5.41, 5.74) is 0.273. The molecule has 0 aliphatic carbocycles. The van der Waals surface area contributed by atoms with Crippen molar-refractivity contribution in [2.45, 2.75) is 16.6 Å². The predicted molar refractivity (Wildman–Crippen MR) is 58.1 cm³/mol. The highest BCUT2D eigenvalue weighted by atomic mass is 79.9. The molecule has 0 saturated heterocycles. The Morgan fingerprint density at radius 1 is 1.62 bits per heavy atom. The summed E-state index contributed by atoms with van der Waals surface area (Å²) in [4.78, 5) is 11.7. The Morgan fingerprint density at radius 2 is 2.23 bits per heavy atom. The van der Waals surface area contributed by atoms with Gasteiger partial charge in [0.25, 0.3) is 0 Å². The molecular weight excluding hydrogens is 252 g/mol. The Kier molecular flexibility index (Phi) is 3.39. The number of hydrogen-bond donors (Lipinski definition) is 2. The molecule has 13 heavy (non-hydrogen) atoms. The third-order valence-corrected chi connectivity index (χ3v) is 2.42. The third kappa shape index (κ3) is 2.25. The largest absolute Gasteiger partial charge is 0.507 e. The van der Waals surface area contributed by atoms with Crippen molar-refractivity contribution in [3.05, 3.63) is 23.8 Å². The number of aromatic hydroxyl groups is 1. The zero-order valence-corrected chi connectivity index (χ0v) is 9.47. The van der Waals surface area contributed by atoms with Gasteiger partial charge in [0, 0.05) is 4.90 Å². The molecule has 1 aromatic carbocycles. The van der Waals surface area contributed by atoms with Crippen LogP contribution in [0.4, 0.5) is 0 Å². The zero-order valence-electron chi connectivity index (χ0n) is 6.99. The Morgan fingerprint density at radius 3 is 2.69 bits per heavy atom. The molecule has 0 saturated carbocycles. The van der Waals surface area contributed by atoms with Crippen LogP contribution in [0.1, 0.15) is 17.3 Å². The van der Waals surface area contributed by atoms with Crippen LogP contribution in [0.5, 0.6) is 5.75 Å². The number of halogens is 1. The van der Waals surface area contributed by atoms with Gasteiger partial charge in [0.1, 0.15) is 5.75 Å². The van der Waals surface area contributed by atoms with E-state index in [-0.39, 0.29) is 21.9 Å². The summed E-state index contributed by atoms with van der Waals surface area (Å²) in [6.45, 7) is 1.71. The van der Waals surface area contributed by atoms with Crippen LogP contribution in [0.25, 0.3) is 0 Å². The summed E-state index contributed by atoms with van der Waals surface area (Å²) in [7, 11) is 0. The molecule has 0 amide bonds. The van der Waals surface area contributed by atoms with Gasteiger partial charge in [0.05, 0.1) is 10.4 Å². The van der Waals surface area contributed by atoms with Crippen LogP contribution in [0.2, 0.25) is 0 Å². The van der Waals surface area contributed by atoms with Gasteiger partial charge >= 0.3 is 0 Å². The number of ketones is 1. The molecule has 0 heterocycles. The average Bonchev–Trinajstić information content (AvgIpc) is 2.03. The highest BCUT2D eigenvalue weighted by Gasteiger charge is 2.18. The number of phenols is 1. The van der Waals surface area contributed by atoms with Crippen LogP contribution < -0.4 is 0 Å². The fraction of sp³-hybridized carbons (Fsp3) is 0.222. The molecule has 70 valence electrons. The molecule has 1 atom stereocenters. The van der Waals surface area contributed by atoms with Crippen molar-refractivity contribution in [2.75, 3.05) is 0 Å². The maximum absolute atomic E-state index is 11.5. The number of rotatable bonds is 2. The Labute approximate surface area is 90.5 Å². The molecule has 0 aliphatic heterocycles. The Hall–Kier alpha value is -0.480. The maximum Gasteiger partial charge on any atom is 0.181 e. The standard InChI is InChI=1S/C9H9BrO2S/c1-5(10)9(12)8-6(11)3-2-4-7(8)13/h2-5,11,13H,1H3. The van der Waals surface area contributed by atoms with Crippen LogP contribution in [-0.2, 0) is 0 Å². The van der Waals surface area contributed by atoms with Gasteiger partial charge in [-0.25, -0.2) is 0 Å². The third-order valence-electron chi connectivity index (χ3n) is 1.63. The molecule has 1 rings (SSSR count). The van der Waals surface area contributed by atoms with E-state index in [2.05, 4.69) is 28.6 Å². The van der Waals surface area contributed by atoms with E-state index in [1.165, 1.54) is 6.07 Å². The van der Waals surface area contributed by atoms with Crippen molar-refractivity contribution < 1.29 is 9.90 Å². The fourth-order valence-electron chi connectivity index (χ4n) is 0.980. The van der Waals surface area contributed by atoms with Crippen molar-refractivity contribution in [3.8, 4) is 5.75 Å². The van der Waals surface area contributed by atoms with E-state index >= 15 is 0 Å². The van der Waals surface area contributed by atoms with E-state index in [1.807, 2.05) is 0 Å². The molecule has 1 N–H and O–H groups in total. The summed E-state index contributed by atoms with van der Waals surface area (Å²) in [6.07, 6.45) is 0.